The summed E-state index contributed by atoms with van der Waals surface area (Å²) < 4.78 is 13.3. The van der Waals surface area contributed by atoms with E-state index in [0.717, 1.165) is 6.07 Å². The fourth-order valence-electron chi connectivity index (χ4n) is 1.40. The van der Waals surface area contributed by atoms with Gasteiger partial charge in [-0.25, -0.2) is 4.39 Å². The SMILES string of the molecule is CN(CC(N)=O)CC(=O)Nc1cc(N)ccc1F. The van der Waals surface area contributed by atoms with Crippen molar-refractivity contribution in [2.45, 2.75) is 0 Å². The summed E-state index contributed by atoms with van der Waals surface area (Å²) in [6.07, 6.45) is 0. The zero-order valence-electron chi connectivity index (χ0n) is 9.94. The van der Waals surface area contributed by atoms with Gasteiger partial charge in [-0.15, -0.1) is 0 Å². The van der Waals surface area contributed by atoms with Crippen LogP contribution in [0.3, 0.4) is 0 Å². The molecule has 0 spiro atoms. The Labute approximate surface area is 104 Å². The molecule has 0 atom stereocenters. The lowest BCUT2D eigenvalue weighted by molar-refractivity contribution is -0.120. The molecule has 98 valence electrons. The van der Waals surface area contributed by atoms with Crippen LogP contribution in [-0.4, -0.2) is 36.9 Å². The van der Waals surface area contributed by atoms with E-state index in [1.54, 1.807) is 7.05 Å². The Balaban J connectivity index is 2.59. The average Bonchev–Trinajstić information content (AvgIpc) is 2.21. The Kier molecular flexibility index (Phi) is 4.61. The van der Waals surface area contributed by atoms with Crippen molar-refractivity contribution in [1.29, 1.82) is 0 Å². The molecule has 0 aliphatic rings. The number of carbonyl (C=O) groups excluding carboxylic acids is 2. The molecule has 0 unspecified atom stereocenters. The smallest absolute Gasteiger partial charge is 0.238 e. The first-order valence-corrected chi connectivity index (χ1v) is 5.20. The van der Waals surface area contributed by atoms with E-state index in [1.807, 2.05) is 0 Å². The van der Waals surface area contributed by atoms with Gasteiger partial charge in [0.05, 0.1) is 18.8 Å². The molecule has 18 heavy (non-hydrogen) atoms. The van der Waals surface area contributed by atoms with Crippen LogP contribution in [0.25, 0.3) is 0 Å². The van der Waals surface area contributed by atoms with Crippen molar-refractivity contribution < 1.29 is 14.0 Å². The fraction of sp³-hybridized carbons (Fsp3) is 0.273. The number of halogens is 1. The number of benzene rings is 1. The lowest BCUT2D eigenvalue weighted by Gasteiger charge is -2.14. The quantitative estimate of drug-likeness (QED) is 0.631. The van der Waals surface area contributed by atoms with E-state index in [-0.39, 0.29) is 18.8 Å². The number of likely N-dealkylation sites (N-methyl/N-ethyl adjacent to an activating group) is 1. The van der Waals surface area contributed by atoms with Gasteiger partial charge in [0, 0.05) is 5.69 Å². The number of anilines is 2. The maximum atomic E-state index is 13.3. The predicted molar refractivity (Wildman–Crippen MR) is 66.1 cm³/mol. The number of primary amides is 1. The highest BCUT2D eigenvalue weighted by Gasteiger charge is 2.11. The van der Waals surface area contributed by atoms with Crippen LogP contribution in [0, 0.1) is 5.82 Å². The fourth-order valence-corrected chi connectivity index (χ4v) is 1.40. The van der Waals surface area contributed by atoms with Gasteiger partial charge in [0.1, 0.15) is 5.82 Å². The minimum atomic E-state index is -0.574. The van der Waals surface area contributed by atoms with Gasteiger partial charge in [0.25, 0.3) is 0 Å². The molecule has 0 aliphatic carbocycles. The van der Waals surface area contributed by atoms with E-state index in [4.69, 9.17) is 11.5 Å². The van der Waals surface area contributed by atoms with Crippen molar-refractivity contribution >= 4 is 23.2 Å². The molecule has 0 fully saturated rings. The van der Waals surface area contributed by atoms with Crippen LogP contribution in [0.2, 0.25) is 0 Å². The summed E-state index contributed by atoms with van der Waals surface area (Å²) in [5, 5.41) is 2.37. The molecule has 1 aromatic carbocycles. The summed E-state index contributed by atoms with van der Waals surface area (Å²) in [6.45, 7) is -0.121. The first kappa shape index (κ1) is 13.9. The molecule has 6 nitrogen and oxygen atoms in total. The Morgan fingerprint density at radius 1 is 1.39 bits per heavy atom. The summed E-state index contributed by atoms with van der Waals surface area (Å²) in [5.74, 6) is -1.57. The number of carbonyl (C=O) groups is 2. The van der Waals surface area contributed by atoms with Crippen LogP contribution in [-0.2, 0) is 9.59 Å². The van der Waals surface area contributed by atoms with Crippen LogP contribution in [0.1, 0.15) is 0 Å². The highest BCUT2D eigenvalue weighted by atomic mass is 19.1. The summed E-state index contributed by atoms with van der Waals surface area (Å²) >= 11 is 0. The minimum absolute atomic E-state index is 0.00692. The third-order valence-electron chi connectivity index (χ3n) is 2.10. The maximum absolute atomic E-state index is 13.3. The van der Waals surface area contributed by atoms with Crippen molar-refractivity contribution in [2.24, 2.45) is 5.73 Å². The maximum Gasteiger partial charge on any atom is 0.238 e. The largest absolute Gasteiger partial charge is 0.399 e. The van der Waals surface area contributed by atoms with Crippen LogP contribution in [0.4, 0.5) is 15.8 Å². The zero-order valence-corrected chi connectivity index (χ0v) is 9.94. The Hall–Kier alpha value is -2.15. The molecule has 2 amide bonds. The molecular weight excluding hydrogens is 239 g/mol. The van der Waals surface area contributed by atoms with E-state index < -0.39 is 17.6 Å². The van der Waals surface area contributed by atoms with Crippen LogP contribution in [0.15, 0.2) is 18.2 Å². The molecule has 0 aliphatic heterocycles. The van der Waals surface area contributed by atoms with E-state index in [9.17, 15) is 14.0 Å². The van der Waals surface area contributed by atoms with Gasteiger partial charge in [-0.3, -0.25) is 14.5 Å². The minimum Gasteiger partial charge on any atom is -0.399 e. The summed E-state index contributed by atoms with van der Waals surface area (Å²) in [6, 6.07) is 3.88. The number of hydrogen-bond acceptors (Lipinski definition) is 4. The standard InChI is InChI=1S/C11H15FN4O2/c1-16(5-10(14)17)6-11(18)15-9-4-7(13)2-3-8(9)12/h2-4H,5-6,13H2,1H3,(H2,14,17)(H,15,18). The second-order valence-electron chi connectivity index (χ2n) is 3.93. The van der Waals surface area contributed by atoms with Crippen LogP contribution < -0.4 is 16.8 Å². The van der Waals surface area contributed by atoms with Crippen LogP contribution in [0.5, 0.6) is 0 Å². The summed E-state index contributed by atoms with van der Waals surface area (Å²) in [4.78, 5) is 23.6. The molecular formula is C11H15FN4O2. The number of nitrogens with two attached hydrogens (primary N) is 2. The number of nitrogens with one attached hydrogen (secondary N) is 1. The summed E-state index contributed by atoms with van der Waals surface area (Å²) in [5.41, 5.74) is 10.8. The third-order valence-corrected chi connectivity index (χ3v) is 2.10. The molecule has 1 rings (SSSR count). The van der Waals surface area contributed by atoms with Gasteiger partial charge >= 0.3 is 0 Å². The first-order valence-electron chi connectivity index (χ1n) is 5.20. The second kappa shape index (κ2) is 5.97. The molecule has 0 aromatic heterocycles. The van der Waals surface area contributed by atoms with Gasteiger partial charge in [0.2, 0.25) is 11.8 Å². The van der Waals surface area contributed by atoms with Gasteiger partial charge in [-0.1, -0.05) is 0 Å². The van der Waals surface area contributed by atoms with Gasteiger partial charge < -0.3 is 16.8 Å². The molecule has 1 aromatic rings. The monoisotopic (exact) mass is 254 g/mol. The predicted octanol–water partition coefficient (Wildman–Crippen LogP) is -0.236. The third kappa shape index (κ3) is 4.38. The molecule has 0 saturated heterocycles. The zero-order chi connectivity index (χ0) is 13.7. The number of amides is 2. The van der Waals surface area contributed by atoms with Crippen molar-refractivity contribution in [3.8, 4) is 0 Å². The topological polar surface area (TPSA) is 101 Å². The van der Waals surface area contributed by atoms with Crippen molar-refractivity contribution in [3.05, 3.63) is 24.0 Å². The normalized spacial score (nSPS) is 10.4. The van der Waals surface area contributed by atoms with Gasteiger partial charge in [0.15, 0.2) is 0 Å². The lowest BCUT2D eigenvalue weighted by atomic mass is 10.2. The van der Waals surface area contributed by atoms with Crippen molar-refractivity contribution in [3.63, 3.8) is 0 Å². The van der Waals surface area contributed by atoms with Gasteiger partial charge in [-0.2, -0.15) is 0 Å². The number of hydrogen-bond donors (Lipinski definition) is 3. The van der Waals surface area contributed by atoms with Gasteiger partial charge in [-0.05, 0) is 25.2 Å². The highest BCUT2D eigenvalue weighted by molar-refractivity contribution is 5.93. The van der Waals surface area contributed by atoms with Crippen LogP contribution >= 0.6 is 0 Å². The molecule has 0 heterocycles. The van der Waals surface area contributed by atoms with Crippen molar-refractivity contribution in [2.75, 3.05) is 31.2 Å². The van der Waals surface area contributed by atoms with E-state index >= 15 is 0 Å². The average molecular weight is 254 g/mol. The number of nitrogen functional groups attached to an aromatic ring is 1. The van der Waals surface area contributed by atoms with E-state index in [2.05, 4.69) is 5.32 Å². The van der Waals surface area contributed by atoms with Crippen molar-refractivity contribution in [1.82, 2.24) is 4.90 Å². The molecule has 5 N–H and O–H groups in total. The Morgan fingerprint density at radius 2 is 2.06 bits per heavy atom. The number of rotatable bonds is 5. The molecule has 0 radical (unpaired) electrons. The Morgan fingerprint density at radius 3 is 2.67 bits per heavy atom. The number of nitrogens with zero attached hydrogens (tertiary/aromatic N) is 1. The Bertz CT molecular complexity index is 464. The van der Waals surface area contributed by atoms with E-state index in [0.29, 0.717) is 5.69 Å². The molecule has 0 bridgehead atoms. The first-order chi connectivity index (χ1) is 8.38. The molecule has 0 saturated carbocycles. The molecule has 7 heteroatoms. The lowest BCUT2D eigenvalue weighted by Crippen LogP contribution is -2.36. The highest BCUT2D eigenvalue weighted by Crippen LogP contribution is 2.17. The second-order valence-corrected chi connectivity index (χ2v) is 3.93. The van der Waals surface area contributed by atoms with E-state index in [1.165, 1.54) is 17.0 Å². The summed E-state index contributed by atoms with van der Waals surface area (Å²) in [7, 11) is 1.56.